The number of carbonyl (C=O) groups is 1. The van der Waals surface area contributed by atoms with Crippen LogP contribution in [0.2, 0.25) is 0 Å². The topological polar surface area (TPSA) is 20.3 Å². The van der Waals surface area contributed by atoms with Gasteiger partial charge < -0.3 is 4.90 Å². The molecule has 68 valence electrons. The molecule has 2 nitrogen and oxygen atoms in total. The Kier molecular flexibility index (Phi) is 2.27. The van der Waals surface area contributed by atoms with E-state index in [2.05, 4.69) is 17.5 Å². The average molecular weight is 193 g/mol. The summed E-state index contributed by atoms with van der Waals surface area (Å²) in [4.78, 5) is 14.1. The molecule has 0 saturated carbocycles. The third kappa shape index (κ3) is 1.70. The van der Waals surface area contributed by atoms with Crippen molar-refractivity contribution in [1.82, 2.24) is 0 Å². The van der Waals surface area contributed by atoms with Crippen molar-refractivity contribution < 1.29 is 4.79 Å². The van der Waals surface area contributed by atoms with Gasteiger partial charge in [0.1, 0.15) is 0 Å². The van der Waals surface area contributed by atoms with Gasteiger partial charge in [-0.05, 0) is 12.1 Å². The number of carbonyl (C=O) groups excluding carboxylic acids is 1. The van der Waals surface area contributed by atoms with Crippen molar-refractivity contribution in [3.05, 3.63) is 24.3 Å². The van der Waals surface area contributed by atoms with Gasteiger partial charge in [0.05, 0.1) is 12.2 Å². The number of nitrogens with zero attached hydrogens (tertiary/aromatic N) is 1. The van der Waals surface area contributed by atoms with Crippen LogP contribution in [0.4, 0.5) is 5.69 Å². The normalized spacial score (nSPS) is 16.7. The number of para-hydroxylation sites is 1. The maximum atomic E-state index is 11.1. The van der Waals surface area contributed by atoms with Gasteiger partial charge in [0.15, 0.2) is 5.78 Å². The Labute approximate surface area is 83.0 Å². The summed E-state index contributed by atoms with van der Waals surface area (Å²) < 4.78 is 0. The molecule has 0 unspecified atom stereocenters. The average Bonchev–Trinajstić information content (AvgIpc) is 2.53. The summed E-state index contributed by atoms with van der Waals surface area (Å²) >= 11 is 4.35. The molecule has 1 aliphatic rings. The second-order valence-corrected chi connectivity index (χ2v) is 3.68. The maximum absolute atomic E-state index is 11.1. The van der Waals surface area contributed by atoms with Crippen molar-refractivity contribution in [3.8, 4) is 0 Å². The van der Waals surface area contributed by atoms with Crippen LogP contribution in [0.3, 0.4) is 0 Å². The first kappa shape index (κ1) is 8.63. The zero-order valence-corrected chi connectivity index (χ0v) is 8.13. The maximum Gasteiger partial charge on any atom is 0.153 e. The zero-order valence-electron chi connectivity index (χ0n) is 7.23. The molecule has 13 heavy (non-hydrogen) atoms. The minimum Gasteiger partial charge on any atom is -0.363 e. The molecule has 0 radical (unpaired) electrons. The SMILES string of the molecule is O=C1CCN(c2ccccc2S)C1. The monoisotopic (exact) mass is 193 g/mol. The van der Waals surface area contributed by atoms with E-state index in [0.717, 1.165) is 17.1 Å². The molecule has 0 N–H and O–H groups in total. The zero-order chi connectivity index (χ0) is 9.26. The lowest BCUT2D eigenvalue weighted by atomic mass is 10.3. The van der Waals surface area contributed by atoms with Crippen molar-refractivity contribution in [1.29, 1.82) is 0 Å². The van der Waals surface area contributed by atoms with Gasteiger partial charge >= 0.3 is 0 Å². The number of hydrogen-bond acceptors (Lipinski definition) is 3. The van der Waals surface area contributed by atoms with E-state index in [-0.39, 0.29) is 0 Å². The van der Waals surface area contributed by atoms with Crippen LogP contribution in [0, 0.1) is 0 Å². The summed E-state index contributed by atoms with van der Waals surface area (Å²) in [5.74, 6) is 0.316. The number of hydrogen-bond donors (Lipinski definition) is 1. The number of ketones is 1. The molecular formula is C10H11NOS. The number of anilines is 1. The lowest BCUT2D eigenvalue weighted by Crippen LogP contribution is -2.19. The molecular weight excluding hydrogens is 182 g/mol. The summed E-state index contributed by atoms with van der Waals surface area (Å²) in [6.07, 6.45) is 0.669. The molecule has 2 rings (SSSR count). The Morgan fingerprint density at radius 1 is 1.31 bits per heavy atom. The van der Waals surface area contributed by atoms with Crippen molar-refractivity contribution in [3.63, 3.8) is 0 Å². The van der Waals surface area contributed by atoms with Crippen molar-refractivity contribution in [2.24, 2.45) is 0 Å². The van der Waals surface area contributed by atoms with Gasteiger partial charge in [-0.15, -0.1) is 12.6 Å². The molecule has 3 heteroatoms. The van der Waals surface area contributed by atoms with E-state index in [0.29, 0.717) is 18.7 Å². The molecule has 0 atom stereocenters. The Morgan fingerprint density at radius 3 is 2.69 bits per heavy atom. The predicted molar refractivity (Wildman–Crippen MR) is 55.5 cm³/mol. The highest BCUT2D eigenvalue weighted by atomic mass is 32.1. The van der Waals surface area contributed by atoms with Crippen molar-refractivity contribution in [2.75, 3.05) is 18.0 Å². The van der Waals surface area contributed by atoms with Crippen LogP contribution >= 0.6 is 12.6 Å². The third-order valence-corrected chi connectivity index (χ3v) is 2.63. The van der Waals surface area contributed by atoms with Gasteiger partial charge in [0.25, 0.3) is 0 Å². The lowest BCUT2D eigenvalue weighted by Gasteiger charge is -2.17. The largest absolute Gasteiger partial charge is 0.363 e. The molecule has 1 aromatic rings. The fourth-order valence-electron chi connectivity index (χ4n) is 1.57. The van der Waals surface area contributed by atoms with E-state index >= 15 is 0 Å². The Morgan fingerprint density at radius 2 is 2.08 bits per heavy atom. The first-order valence-corrected chi connectivity index (χ1v) is 4.77. The summed E-state index contributed by atoms with van der Waals surface area (Å²) in [5, 5.41) is 0. The summed E-state index contributed by atoms with van der Waals surface area (Å²) in [5.41, 5.74) is 1.07. The Balaban J connectivity index is 2.26. The molecule has 0 aliphatic carbocycles. The summed E-state index contributed by atoms with van der Waals surface area (Å²) in [6.45, 7) is 1.37. The van der Waals surface area contributed by atoms with Crippen LogP contribution in [0.5, 0.6) is 0 Å². The quantitative estimate of drug-likeness (QED) is 0.686. The fourth-order valence-corrected chi connectivity index (χ4v) is 1.87. The fraction of sp³-hybridized carbons (Fsp3) is 0.300. The van der Waals surface area contributed by atoms with Crippen molar-refractivity contribution >= 4 is 24.1 Å². The molecule has 1 heterocycles. The highest BCUT2D eigenvalue weighted by Crippen LogP contribution is 2.25. The standard InChI is InChI=1S/C10H11NOS/c12-8-5-6-11(7-8)9-3-1-2-4-10(9)13/h1-4,13H,5-7H2. The van der Waals surface area contributed by atoms with Crippen LogP contribution in [0.25, 0.3) is 0 Å². The van der Waals surface area contributed by atoms with E-state index in [1.165, 1.54) is 0 Å². The van der Waals surface area contributed by atoms with Gasteiger partial charge in [0.2, 0.25) is 0 Å². The van der Waals surface area contributed by atoms with E-state index in [9.17, 15) is 4.79 Å². The lowest BCUT2D eigenvalue weighted by molar-refractivity contribution is -0.116. The number of Topliss-reactive ketones (excluding diaryl/α,β-unsaturated/α-hetero) is 1. The van der Waals surface area contributed by atoms with Crippen molar-refractivity contribution in [2.45, 2.75) is 11.3 Å². The van der Waals surface area contributed by atoms with Crippen LogP contribution in [-0.2, 0) is 4.79 Å². The van der Waals surface area contributed by atoms with E-state index < -0.39 is 0 Å². The minimum atomic E-state index is 0.316. The first-order chi connectivity index (χ1) is 6.27. The summed E-state index contributed by atoms with van der Waals surface area (Å²) in [7, 11) is 0. The van der Waals surface area contributed by atoms with Gasteiger partial charge in [0, 0.05) is 17.9 Å². The van der Waals surface area contributed by atoms with Crippen LogP contribution in [0.15, 0.2) is 29.2 Å². The molecule has 1 aromatic carbocycles. The third-order valence-electron chi connectivity index (χ3n) is 2.25. The molecule has 1 aliphatic heterocycles. The van der Waals surface area contributed by atoms with E-state index in [4.69, 9.17) is 0 Å². The first-order valence-electron chi connectivity index (χ1n) is 4.32. The highest BCUT2D eigenvalue weighted by Gasteiger charge is 2.20. The van der Waals surface area contributed by atoms with E-state index in [1.54, 1.807) is 0 Å². The molecule has 1 fully saturated rings. The molecule has 1 saturated heterocycles. The van der Waals surface area contributed by atoms with E-state index in [1.807, 2.05) is 24.3 Å². The second kappa shape index (κ2) is 3.42. The Hall–Kier alpha value is -0.960. The molecule has 0 aromatic heterocycles. The van der Waals surface area contributed by atoms with Gasteiger partial charge in [-0.1, -0.05) is 12.1 Å². The summed E-state index contributed by atoms with van der Waals surface area (Å²) in [6, 6.07) is 7.86. The number of rotatable bonds is 1. The minimum absolute atomic E-state index is 0.316. The molecule has 0 bridgehead atoms. The number of thiol groups is 1. The number of benzene rings is 1. The van der Waals surface area contributed by atoms with Crippen LogP contribution < -0.4 is 4.90 Å². The predicted octanol–water partition coefficient (Wildman–Crippen LogP) is 1.75. The van der Waals surface area contributed by atoms with Crippen LogP contribution in [0.1, 0.15) is 6.42 Å². The van der Waals surface area contributed by atoms with Gasteiger partial charge in [-0.3, -0.25) is 4.79 Å². The Bertz CT molecular complexity index is 337. The van der Waals surface area contributed by atoms with Gasteiger partial charge in [-0.25, -0.2) is 0 Å². The molecule has 0 spiro atoms. The van der Waals surface area contributed by atoms with Crippen LogP contribution in [-0.4, -0.2) is 18.9 Å². The second-order valence-electron chi connectivity index (χ2n) is 3.20. The smallest absolute Gasteiger partial charge is 0.153 e. The molecule has 0 amide bonds. The highest BCUT2D eigenvalue weighted by molar-refractivity contribution is 7.80. The van der Waals surface area contributed by atoms with Gasteiger partial charge in [-0.2, -0.15) is 0 Å².